The summed E-state index contributed by atoms with van der Waals surface area (Å²) in [5.41, 5.74) is 0.0485. The van der Waals surface area contributed by atoms with Gasteiger partial charge < -0.3 is 4.90 Å². The van der Waals surface area contributed by atoms with Gasteiger partial charge in [0.15, 0.2) is 0 Å². The van der Waals surface area contributed by atoms with Crippen LogP contribution in [0.2, 0.25) is 0 Å². The predicted molar refractivity (Wildman–Crippen MR) is 82.2 cm³/mol. The van der Waals surface area contributed by atoms with Gasteiger partial charge in [-0.15, -0.1) is 6.58 Å². The molecule has 0 unspecified atom stereocenters. The van der Waals surface area contributed by atoms with Crippen molar-refractivity contribution in [3.63, 3.8) is 0 Å². The van der Waals surface area contributed by atoms with Crippen molar-refractivity contribution >= 4 is 15.7 Å². The van der Waals surface area contributed by atoms with Gasteiger partial charge in [0.2, 0.25) is 5.91 Å². The SMILES string of the molecule is C=CC[C@@H]1N(C(=O)[C@H](C)CS(C)(=O)=O)CCCC1(C)C. The molecule has 0 aromatic heterocycles. The maximum Gasteiger partial charge on any atom is 0.226 e. The zero-order chi connectivity index (χ0) is 15.6. The van der Waals surface area contributed by atoms with Crippen molar-refractivity contribution < 1.29 is 13.2 Å². The Bertz CT molecular complexity index is 468. The lowest BCUT2D eigenvalue weighted by Crippen LogP contribution is -2.54. The van der Waals surface area contributed by atoms with E-state index in [1.165, 1.54) is 6.26 Å². The third kappa shape index (κ3) is 4.33. The zero-order valence-electron chi connectivity index (χ0n) is 13.1. The molecule has 20 heavy (non-hydrogen) atoms. The summed E-state index contributed by atoms with van der Waals surface area (Å²) in [4.78, 5) is 14.5. The molecule has 1 aliphatic heterocycles. The molecule has 0 aromatic rings. The predicted octanol–water partition coefficient (Wildman–Crippen LogP) is 2.26. The number of nitrogens with zero attached hydrogens (tertiary/aromatic N) is 1. The molecule has 0 saturated carbocycles. The molecule has 116 valence electrons. The van der Waals surface area contributed by atoms with Gasteiger partial charge in [0.25, 0.3) is 0 Å². The maximum atomic E-state index is 12.6. The van der Waals surface area contributed by atoms with Gasteiger partial charge >= 0.3 is 0 Å². The Morgan fingerprint density at radius 1 is 1.50 bits per heavy atom. The van der Waals surface area contributed by atoms with Gasteiger partial charge in [-0.1, -0.05) is 26.8 Å². The van der Waals surface area contributed by atoms with Crippen LogP contribution in [-0.4, -0.2) is 43.8 Å². The summed E-state index contributed by atoms with van der Waals surface area (Å²) in [6, 6.07) is 0.114. The summed E-state index contributed by atoms with van der Waals surface area (Å²) in [5.74, 6) is -0.606. The number of sulfone groups is 1. The normalized spacial score (nSPS) is 24.2. The average Bonchev–Trinajstić information content (AvgIpc) is 2.28. The van der Waals surface area contributed by atoms with Crippen LogP contribution in [0.5, 0.6) is 0 Å². The molecule has 1 saturated heterocycles. The highest BCUT2D eigenvalue weighted by atomic mass is 32.2. The van der Waals surface area contributed by atoms with E-state index in [1.807, 2.05) is 11.0 Å². The minimum absolute atomic E-state index is 0.0462. The Hall–Kier alpha value is -0.840. The molecule has 0 spiro atoms. The van der Waals surface area contributed by atoms with Gasteiger partial charge in [-0.2, -0.15) is 0 Å². The Labute approximate surface area is 123 Å². The molecule has 0 radical (unpaired) electrons. The summed E-state index contributed by atoms with van der Waals surface area (Å²) < 4.78 is 22.8. The molecule has 1 rings (SSSR count). The molecule has 5 heteroatoms. The summed E-state index contributed by atoms with van der Waals surface area (Å²) in [6.45, 7) is 10.5. The summed E-state index contributed by atoms with van der Waals surface area (Å²) in [7, 11) is -3.13. The van der Waals surface area contributed by atoms with Crippen molar-refractivity contribution in [2.45, 2.75) is 46.1 Å². The van der Waals surface area contributed by atoms with Crippen LogP contribution in [0.4, 0.5) is 0 Å². The van der Waals surface area contributed by atoms with Crippen molar-refractivity contribution in [3.8, 4) is 0 Å². The van der Waals surface area contributed by atoms with E-state index >= 15 is 0 Å². The second kappa shape index (κ2) is 6.29. The van der Waals surface area contributed by atoms with Gasteiger partial charge in [-0.05, 0) is 24.7 Å². The number of likely N-dealkylation sites (tertiary alicyclic amines) is 1. The number of rotatable bonds is 5. The molecule has 0 N–H and O–H groups in total. The van der Waals surface area contributed by atoms with Crippen LogP contribution in [0, 0.1) is 11.3 Å². The average molecular weight is 301 g/mol. The Morgan fingerprint density at radius 3 is 2.60 bits per heavy atom. The Morgan fingerprint density at radius 2 is 2.10 bits per heavy atom. The first-order valence-electron chi connectivity index (χ1n) is 7.17. The first-order valence-corrected chi connectivity index (χ1v) is 9.23. The van der Waals surface area contributed by atoms with Crippen LogP contribution in [0.15, 0.2) is 12.7 Å². The van der Waals surface area contributed by atoms with Crippen LogP contribution in [0.25, 0.3) is 0 Å². The third-order valence-corrected chi connectivity index (χ3v) is 5.25. The molecule has 1 fully saturated rings. The van der Waals surface area contributed by atoms with E-state index in [0.29, 0.717) is 0 Å². The first kappa shape index (κ1) is 17.2. The van der Waals surface area contributed by atoms with E-state index in [9.17, 15) is 13.2 Å². The zero-order valence-corrected chi connectivity index (χ0v) is 13.9. The highest BCUT2D eigenvalue weighted by molar-refractivity contribution is 7.90. The Balaban J connectivity index is 2.91. The first-order chi connectivity index (χ1) is 9.08. The van der Waals surface area contributed by atoms with Gasteiger partial charge in [0, 0.05) is 24.8 Å². The van der Waals surface area contributed by atoms with Gasteiger partial charge in [0.05, 0.1) is 5.75 Å². The number of hydrogen-bond donors (Lipinski definition) is 0. The minimum Gasteiger partial charge on any atom is -0.339 e. The smallest absolute Gasteiger partial charge is 0.226 e. The standard InChI is InChI=1S/C15H27NO3S/c1-6-8-13-15(3,4)9-7-10-16(13)14(17)12(2)11-20(5,18)19/h6,12-13H,1,7-11H2,2-5H3/t12-,13+/m1/s1. The fourth-order valence-corrected chi connectivity index (χ4v) is 4.18. The summed E-state index contributed by atoms with van der Waals surface area (Å²) >= 11 is 0. The van der Waals surface area contributed by atoms with Crippen molar-refractivity contribution in [3.05, 3.63) is 12.7 Å². The summed E-state index contributed by atoms with van der Waals surface area (Å²) in [6.07, 6.45) is 5.83. The molecule has 0 aromatic carbocycles. The van der Waals surface area contributed by atoms with Crippen molar-refractivity contribution in [2.75, 3.05) is 18.6 Å². The van der Waals surface area contributed by atoms with E-state index < -0.39 is 15.8 Å². The van der Waals surface area contributed by atoms with Crippen LogP contribution < -0.4 is 0 Å². The molecular weight excluding hydrogens is 274 g/mol. The van der Waals surface area contributed by atoms with Crippen molar-refractivity contribution in [1.82, 2.24) is 4.90 Å². The molecule has 1 amide bonds. The number of carbonyl (C=O) groups excluding carboxylic acids is 1. The number of amides is 1. The quantitative estimate of drug-likeness (QED) is 0.732. The molecule has 1 aliphatic rings. The van der Waals surface area contributed by atoms with Crippen LogP contribution in [-0.2, 0) is 14.6 Å². The molecule has 2 atom stereocenters. The highest BCUT2D eigenvalue weighted by Gasteiger charge is 2.40. The second-order valence-electron chi connectivity index (χ2n) is 6.66. The minimum atomic E-state index is -3.13. The lowest BCUT2D eigenvalue weighted by molar-refractivity contribution is -0.142. The fraction of sp³-hybridized carbons (Fsp3) is 0.800. The van der Waals surface area contributed by atoms with E-state index in [0.717, 1.165) is 25.8 Å². The number of hydrogen-bond acceptors (Lipinski definition) is 3. The van der Waals surface area contributed by atoms with Gasteiger partial charge in [-0.25, -0.2) is 8.42 Å². The van der Waals surface area contributed by atoms with E-state index in [2.05, 4.69) is 20.4 Å². The lowest BCUT2D eigenvalue weighted by atomic mass is 9.74. The highest BCUT2D eigenvalue weighted by Crippen LogP contribution is 2.37. The van der Waals surface area contributed by atoms with E-state index in [1.54, 1.807) is 6.92 Å². The molecule has 1 heterocycles. The molecule has 0 aliphatic carbocycles. The topological polar surface area (TPSA) is 54.5 Å². The van der Waals surface area contributed by atoms with E-state index in [4.69, 9.17) is 0 Å². The molecule has 0 bridgehead atoms. The number of carbonyl (C=O) groups is 1. The fourth-order valence-electron chi connectivity index (χ4n) is 3.13. The summed E-state index contributed by atoms with van der Waals surface area (Å²) in [5, 5.41) is 0. The molecule has 4 nitrogen and oxygen atoms in total. The van der Waals surface area contributed by atoms with Crippen molar-refractivity contribution in [2.24, 2.45) is 11.3 Å². The van der Waals surface area contributed by atoms with Crippen molar-refractivity contribution in [1.29, 1.82) is 0 Å². The van der Waals surface area contributed by atoms with E-state index in [-0.39, 0.29) is 23.1 Å². The number of piperidine rings is 1. The maximum absolute atomic E-state index is 12.6. The third-order valence-electron chi connectivity index (χ3n) is 4.15. The van der Waals surface area contributed by atoms with Gasteiger partial charge in [-0.3, -0.25) is 4.79 Å². The van der Waals surface area contributed by atoms with Crippen LogP contribution in [0.1, 0.15) is 40.0 Å². The largest absolute Gasteiger partial charge is 0.339 e. The molecular formula is C15H27NO3S. The van der Waals surface area contributed by atoms with Gasteiger partial charge in [0.1, 0.15) is 9.84 Å². The van der Waals surface area contributed by atoms with Crippen LogP contribution >= 0.6 is 0 Å². The van der Waals surface area contributed by atoms with Crippen LogP contribution in [0.3, 0.4) is 0 Å². The second-order valence-corrected chi connectivity index (χ2v) is 8.84. The Kier molecular flexibility index (Phi) is 5.41. The lowest BCUT2D eigenvalue weighted by Gasteiger charge is -2.47. The monoisotopic (exact) mass is 301 g/mol.